The first-order valence-electron chi connectivity index (χ1n) is 7.68. The molecule has 1 aromatic heterocycles. The highest BCUT2D eigenvalue weighted by Gasteiger charge is 2.30. The second-order valence-electron chi connectivity index (χ2n) is 5.72. The molecule has 0 aromatic carbocycles. The average molecular weight is 324 g/mol. The highest BCUT2D eigenvalue weighted by Crippen LogP contribution is 2.33. The predicted molar refractivity (Wildman–Crippen MR) is 88.0 cm³/mol. The summed E-state index contributed by atoms with van der Waals surface area (Å²) >= 11 is 0. The molecular formula is C14H24N6O3. The molecule has 1 aliphatic heterocycles. The third-order valence-electron chi connectivity index (χ3n) is 4.15. The molecule has 0 bridgehead atoms. The second-order valence-corrected chi connectivity index (χ2v) is 5.72. The number of piperidine rings is 1. The van der Waals surface area contributed by atoms with Crippen molar-refractivity contribution in [2.45, 2.75) is 18.9 Å². The summed E-state index contributed by atoms with van der Waals surface area (Å²) in [7, 11) is 5.53. The first kappa shape index (κ1) is 17.4. The summed E-state index contributed by atoms with van der Waals surface area (Å²) in [4.78, 5) is 23.5. The van der Waals surface area contributed by atoms with Gasteiger partial charge in [0, 0.05) is 26.7 Å². The maximum atomic E-state index is 11.5. The van der Waals surface area contributed by atoms with E-state index in [0.29, 0.717) is 19.0 Å². The molecule has 128 valence electrons. The molecule has 0 amide bonds. The lowest BCUT2D eigenvalue weighted by atomic mass is 10.0. The molecule has 1 aliphatic rings. The van der Waals surface area contributed by atoms with E-state index in [9.17, 15) is 10.1 Å². The third-order valence-corrected chi connectivity index (χ3v) is 4.15. The molecule has 0 atom stereocenters. The molecule has 9 heteroatoms. The maximum absolute atomic E-state index is 11.5. The van der Waals surface area contributed by atoms with E-state index in [4.69, 9.17) is 4.74 Å². The Hall–Kier alpha value is -2.00. The van der Waals surface area contributed by atoms with Crippen LogP contribution in [0.3, 0.4) is 0 Å². The summed E-state index contributed by atoms with van der Waals surface area (Å²) in [6, 6.07) is 0.242. The van der Waals surface area contributed by atoms with Crippen molar-refractivity contribution in [1.29, 1.82) is 0 Å². The summed E-state index contributed by atoms with van der Waals surface area (Å²) in [5.41, 5.74) is -0.0787. The molecular weight excluding hydrogens is 300 g/mol. The van der Waals surface area contributed by atoms with Gasteiger partial charge in [0.05, 0.1) is 11.5 Å². The second kappa shape index (κ2) is 8.02. The number of nitrogens with one attached hydrogen (secondary N) is 1. The van der Waals surface area contributed by atoms with Gasteiger partial charge in [0.15, 0.2) is 0 Å². The summed E-state index contributed by atoms with van der Waals surface area (Å²) in [5, 5.41) is 14.5. The fourth-order valence-corrected chi connectivity index (χ4v) is 2.75. The van der Waals surface area contributed by atoms with Crippen molar-refractivity contribution in [3.05, 3.63) is 16.4 Å². The van der Waals surface area contributed by atoms with Gasteiger partial charge >= 0.3 is 5.69 Å². The number of hydrogen-bond acceptors (Lipinski definition) is 8. The number of methoxy groups -OCH3 is 1. The minimum atomic E-state index is -0.421. The number of aromatic nitrogens is 2. The number of anilines is 2. The maximum Gasteiger partial charge on any atom is 0.353 e. The van der Waals surface area contributed by atoms with Gasteiger partial charge < -0.3 is 19.9 Å². The minimum Gasteiger partial charge on any atom is -0.383 e. The number of likely N-dealkylation sites (tertiary alicyclic amines) is 1. The van der Waals surface area contributed by atoms with Crippen LogP contribution in [-0.2, 0) is 4.74 Å². The van der Waals surface area contributed by atoms with Crippen molar-refractivity contribution < 1.29 is 9.66 Å². The molecule has 0 spiro atoms. The predicted octanol–water partition coefficient (Wildman–Crippen LogP) is 0.974. The Kier molecular flexibility index (Phi) is 6.05. The molecule has 1 aromatic rings. The Labute approximate surface area is 135 Å². The van der Waals surface area contributed by atoms with Gasteiger partial charge in [-0.05, 0) is 33.0 Å². The lowest BCUT2D eigenvalue weighted by molar-refractivity contribution is -0.383. The van der Waals surface area contributed by atoms with E-state index in [1.807, 2.05) is 11.9 Å². The zero-order valence-corrected chi connectivity index (χ0v) is 13.9. The third kappa shape index (κ3) is 4.26. The van der Waals surface area contributed by atoms with Crippen LogP contribution in [0.4, 0.5) is 17.3 Å². The smallest absolute Gasteiger partial charge is 0.353 e. The van der Waals surface area contributed by atoms with Crippen LogP contribution in [-0.4, -0.2) is 73.3 Å². The fraction of sp³-hybridized carbons (Fsp3) is 0.714. The normalized spacial score (nSPS) is 16.3. The Bertz CT molecular complexity index is 533. The summed E-state index contributed by atoms with van der Waals surface area (Å²) in [5.74, 6) is 0.594. The Morgan fingerprint density at radius 2 is 2.17 bits per heavy atom. The lowest BCUT2D eigenvalue weighted by Crippen LogP contribution is -2.42. The van der Waals surface area contributed by atoms with Crippen LogP contribution in [0.5, 0.6) is 0 Å². The standard InChI is InChI=1S/C14H24N6O3/c1-18-7-4-11(5-8-18)19(2)14-12(20(21)22)13(16-10-17-14)15-6-9-23-3/h10-11H,4-9H2,1-3H3,(H,15,16,17). The first-order chi connectivity index (χ1) is 11.0. The topological polar surface area (TPSA) is 96.7 Å². The van der Waals surface area contributed by atoms with E-state index in [0.717, 1.165) is 25.9 Å². The first-order valence-corrected chi connectivity index (χ1v) is 7.68. The van der Waals surface area contributed by atoms with Crippen molar-refractivity contribution >= 4 is 17.3 Å². The summed E-state index contributed by atoms with van der Waals surface area (Å²) in [6.45, 7) is 2.85. The van der Waals surface area contributed by atoms with Crippen molar-refractivity contribution in [3.8, 4) is 0 Å². The molecule has 23 heavy (non-hydrogen) atoms. The van der Waals surface area contributed by atoms with Gasteiger partial charge in [-0.2, -0.15) is 0 Å². The Morgan fingerprint density at radius 3 is 2.78 bits per heavy atom. The Balaban J connectivity index is 2.22. The molecule has 2 rings (SSSR count). The molecule has 0 radical (unpaired) electrons. The molecule has 1 saturated heterocycles. The average Bonchev–Trinajstić information content (AvgIpc) is 2.54. The number of rotatable bonds is 7. The molecule has 1 N–H and O–H groups in total. The largest absolute Gasteiger partial charge is 0.383 e. The van der Waals surface area contributed by atoms with Crippen molar-refractivity contribution in [3.63, 3.8) is 0 Å². The highest BCUT2D eigenvalue weighted by molar-refractivity contribution is 5.70. The molecule has 9 nitrogen and oxygen atoms in total. The molecule has 2 heterocycles. The van der Waals surface area contributed by atoms with Crippen molar-refractivity contribution in [2.24, 2.45) is 0 Å². The molecule has 0 saturated carbocycles. The monoisotopic (exact) mass is 324 g/mol. The zero-order chi connectivity index (χ0) is 16.8. The van der Waals surface area contributed by atoms with E-state index in [2.05, 4.69) is 27.2 Å². The zero-order valence-electron chi connectivity index (χ0n) is 13.9. The van der Waals surface area contributed by atoms with Gasteiger partial charge in [0.25, 0.3) is 0 Å². The van der Waals surface area contributed by atoms with Crippen LogP contribution >= 0.6 is 0 Å². The fourth-order valence-electron chi connectivity index (χ4n) is 2.75. The van der Waals surface area contributed by atoms with Crippen LogP contribution in [0.2, 0.25) is 0 Å². The Morgan fingerprint density at radius 1 is 1.48 bits per heavy atom. The molecule has 1 fully saturated rings. The van der Waals surface area contributed by atoms with Crippen LogP contribution in [0.1, 0.15) is 12.8 Å². The number of nitrogens with zero attached hydrogens (tertiary/aromatic N) is 5. The van der Waals surface area contributed by atoms with Crippen LogP contribution in [0.25, 0.3) is 0 Å². The SMILES string of the molecule is COCCNc1ncnc(N(C)C2CCN(C)CC2)c1[N+](=O)[O-]. The van der Waals surface area contributed by atoms with E-state index >= 15 is 0 Å². The van der Waals surface area contributed by atoms with Gasteiger partial charge in [-0.15, -0.1) is 0 Å². The molecule has 0 unspecified atom stereocenters. The van der Waals surface area contributed by atoms with E-state index in [1.165, 1.54) is 6.33 Å². The van der Waals surface area contributed by atoms with E-state index in [1.54, 1.807) is 7.11 Å². The quantitative estimate of drug-likeness (QED) is 0.450. The van der Waals surface area contributed by atoms with Crippen molar-refractivity contribution in [1.82, 2.24) is 14.9 Å². The minimum absolute atomic E-state index is 0.0787. The summed E-state index contributed by atoms with van der Waals surface area (Å²) in [6.07, 6.45) is 3.28. The van der Waals surface area contributed by atoms with Crippen LogP contribution in [0.15, 0.2) is 6.33 Å². The van der Waals surface area contributed by atoms with Crippen LogP contribution < -0.4 is 10.2 Å². The summed E-state index contributed by atoms with van der Waals surface area (Å²) < 4.78 is 4.96. The lowest BCUT2D eigenvalue weighted by Gasteiger charge is -2.35. The number of ether oxygens (including phenoxy) is 1. The highest BCUT2D eigenvalue weighted by atomic mass is 16.6. The van der Waals surface area contributed by atoms with Gasteiger partial charge in [0.2, 0.25) is 11.6 Å². The van der Waals surface area contributed by atoms with Gasteiger partial charge in [-0.25, -0.2) is 9.97 Å². The van der Waals surface area contributed by atoms with Gasteiger partial charge in [-0.1, -0.05) is 0 Å². The van der Waals surface area contributed by atoms with E-state index < -0.39 is 4.92 Å². The van der Waals surface area contributed by atoms with Crippen LogP contribution in [0, 0.1) is 10.1 Å². The van der Waals surface area contributed by atoms with Gasteiger partial charge in [-0.3, -0.25) is 10.1 Å². The number of hydrogen-bond donors (Lipinski definition) is 1. The number of nitro groups is 1. The van der Waals surface area contributed by atoms with E-state index in [-0.39, 0.29) is 17.5 Å². The van der Waals surface area contributed by atoms with Gasteiger partial charge in [0.1, 0.15) is 6.33 Å². The van der Waals surface area contributed by atoms with Crippen molar-refractivity contribution in [2.75, 3.05) is 57.7 Å². The molecule has 0 aliphatic carbocycles.